The Labute approximate surface area is 123 Å². The second kappa shape index (κ2) is 6.32. The summed E-state index contributed by atoms with van der Waals surface area (Å²) in [6, 6.07) is 5.67. The molecule has 3 rings (SSSR count). The molecular formula is C15H20N2O4. The molecule has 1 aromatic rings. The highest BCUT2D eigenvalue weighted by Crippen LogP contribution is 2.32. The van der Waals surface area contributed by atoms with Crippen LogP contribution in [0.1, 0.15) is 18.4 Å². The first-order valence-electron chi connectivity index (χ1n) is 7.26. The maximum atomic E-state index is 11.9. The number of hydrogen-bond donors (Lipinski definition) is 2. The average molecular weight is 292 g/mol. The molecule has 114 valence electrons. The van der Waals surface area contributed by atoms with E-state index in [1.54, 1.807) is 0 Å². The summed E-state index contributed by atoms with van der Waals surface area (Å²) in [5.74, 6) is 1.48. The minimum absolute atomic E-state index is 0.00376. The molecule has 1 saturated heterocycles. The standard InChI is InChI=1S/C15H20N2O4/c18-12-3-5-17(6-4-12)9-15(19)16-8-11-1-2-13-14(7-11)21-10-20-13/h1-2,7,12,18H,3-6,8-10H2,(H,16,19). The Balaban J connectivity index is 1.45. The Hall–Kier alpha value is -1.79. The van der Waals surface area contributed by atoms with Crippen LogP contribution in [0.15, 0.2) is 18.2 Å². The van der Waals surface area contributed by atoms with E-state index in [1.165, 1.54) is 0 Å². The van der Waals surface area contributed by atoms with E-state index in [2.05, 4.69) is 10.2 Å². The van der Waals surface area contributed by atoms with Crippen molar-refractivity contribution in [3.05, 3.63) is 23.8 Å². The van der Waals surface area contributed by atoms with E-state index in [9.17, 15) is 9.90 Å². The highest BCUT2D eigenvalue weighted by molar-refractivity contribution is 5.78. The van der Waals surface area contributed by atoms with Gasteiger partial charge < -0.3 is 19.9 Å². The van der Waals surface area contributed by atoms with Gasteiger partial charge in [-0.3, -0.25) is 9.69 Å². The van der Waals surface area contributed by atoms with E-state index < -0.39 is 0 Å². The molecule has 0 aliphatic carbocycles. The second-order valence-corrected chi connectivity index (χ2v) is 5.47. The Morgan fingerprint density at radius 2 is 2.05 bits per heavy atom. The van der Waals surface area contributed by atoms with Crippen molar-refractivity contribution in [2.75, 3.05) is 26.4 Å². The largest absolute Gasteiger partial charge is 0.454 e. The smallest absolute Gasteiger partial charge is 0.234 e. The number of amides is 1. The summed E-state index contributed by atoms with van der Waals surface area (Å²) >= 11 is 0. The molecule has 1 fully saturated rings. The Morgan fingerprint density at radius 1 is 1.29 bits per heavy atom. The fourth-order valence-corrected chi connectivity index (χ4v) is 2.59. The molecule has 21 heavy (non-hydrogen) atoms. The quantitative estimate of drug-likeness (QED) is 0.845. The fourth-order valence-electron chi connectivity index (χ4n) is 2.59. The number of aliphatic hydroxyl groups is 1. The highest BCUT2D eigenvalue weighted by atomic mass is 16.7. The highest BCUT2D eigenvalue weighted by Gasteiger charge is 2.19. The third kappa shape index (κ3) is 3.65. The van der Waals surface area contributed by atoms with Gasteiger partial charge in [-0.1, -0.05) is 6.07 Å². The molecule has 0 atom stereocenters. The number of carbonyl (C=O) groups excluding carboxylic acids is 1. The summed E-state index contributed by atoms with van der Waals surface area (Å²) in [4.78, 5) is 14.0. The predicted molar refractivity (Wildman–Crippen MR) is 76.1 cm³/mol. The van der Waals surface area contributed by atoms with Gasteiger partial charge in [0.25, 0.3) is 0 Å². The van der Waals surface area contributed by atoms with Crippen molar-refractivity contribution in [3.8, 4) is 11.5 Å². The van der Waals surface area contributed by atoms with Crippen LogP contribution in [-0.4, -0.2) is 48.4 Å². The number of likely N-dealkylation sites (tertiary alicyclic amines) is 1. The summed E-state index contributed by atoms with van der Waals surface area (Å²) in [5.41, 5.74) is 0.988. The molecular weight excluding hydrogens is 272 g/mol. The molecule has 2 N–H and O–H groups in total. The third-order valence-electron chi connectivity index (χ3n) is 3.85. The first-order valence-corrected chi connectivity index (χ1v) is 7.26. The van der Waals surface area contributed by atoms with Crippen molar-refractivity contribution in [1.82, 2.24) is 10.2 Å². The summed E-state index contributed by atoms with van der Waals surface area (Å²) in [7, 11) is 0. The fraction of sp³-hybridized carbons (Fsp3) is 0.533. The van der Waals surface area contributed by atoms with Gasteiger partial charge in [0.2, 0.25) is 12.7 Å². The number of hydrogen-bond acceptors (Lipinski definition) is 5. The summed E-state index contributed by atoms with van der Waals surface area (Å²) < 4.78 is 10.6. The van der Waals surface area contributed by atoms with Crippen LogP contribution < -0.4 is 14.8 Å². The molecule has 0 unspecified atom stereocenters. The lowest BCUT2D eigenvalue weighted by Crippen LogP contribution is -2.42. The molecule has 1 aromatic carbocycles. The van der Waals surface area contributed by atoms with Crippen LogP contribution in [-0.2, 0) is 11.3 Å². The number of aliphatic hydroxyl groups excluding tert-OH is 1. The van der Waals surface area contributed by atoms with Gasteiger partial charge in [-0.2, -0.15) is 0 Å². The van der Waals surface area contributed by atoms with E-state index in [4.69, 9.17) is 9.47 Å². The van der Waals surface area contributed by atoms with E-state index >= 15 is 0 Å². The third-order valence-corrected chi connectivity index (χ3v) is 3.85. The van der Waals surface area contributed by atoms with Crippen molar-refractivity contribution in [2.45, 2.75) is 25.5 Å². The number of carbonyl (C=O) groups is 1. The molecule has 2 heterocycles. The second-order valence-electron chi connectivity index (χ2n) is 5.47. The number of benzene rings is 1. The Bertz CT molecular complexity index is 512. The topological polar surface area (TPSA) is 71.0 Å². The Morgan fingerprint density at radius 3 is 2.86 bits per heavy atom. The van der Waals surface area contributed by atoms with E-state index in [-0.39, 0.29) is 18.8 Å². The normalized spacial score (nSPS) is 18.7. The monoisotopic (exact) mass is 292 g/mol. The van der Waals surface area contributed by atoms with Crippen LogP contribution in [0.5, 0.6) is 11.5 Å². The van der Waals surface area contributed by atoms with E-state index in [0.29, 0.717) is 13.1 Å². The van der Waals surface area contributed by atoms with Crippen LogP contribution in [0.4, 0.5) is 0 Å². The van der Waals surface area contributed by atoms with Crippen LogP contribution in [0.3, 0.4) is 0 Å². The average Bonchev–Trinajstić information content (AvgIpc) is 2.95. The number of rotatable bonds is 4. The van der Waals surface area contributed by atoms with Gasteiger partial charge >= 0.3 is 0 Å². The molecule has 0 saturated carbocycles. The van der Waals surface area contributed by atoms with Gasteiger partial charge in [-0.15, -0.1) is 0 Å². The van der Waals surface area contributed by atoms with Crippen molar-refractivity contribution in [2.24, 2.45) is 0 Å². The number of nitrogens with zero attached hydrogens (tertiary/aromatic N) is 1. The molecule has 6 nitrogen and oxygen atoms in total. The first-order chi connectivity index (χ1) is 10.2. The molecule has 6 heteroatoms. The van der Waals surface area contributed by atoms with Gasteiger partial charge in [0.1, 0.15) is 0 Å². The van der Waals surface area contributed by atoms with Crippen LogP contribution in [0, 0.1) is 0 Å². The van der Waals surface area contributed by atoms with Crippen molar-refractivity contribution < 1.29 is 19.4 Å². The molecule has 0 aromatic heterocycles. The first kappa shape index (κ1) is 14.2. The lowest BCUT2D eigenvalue weighted by molar-refractivity contribution is -0.122. The lowest BCUT2D eigenvalue weighted by atomic mass is 10.1. The molecule has 0 radical (unpaired) electrons. The summed E-state index contributed by atoms with van der Waals surface area (Å²) in [5, 5.41) is 12.3. The molecule has 0 bridgehead atoms. The number of piperidine rings is 1. The number of fused-ring (bicyclic) bond motifs is 1. The molecule has 0 spiro atoms. The zero-order valence-corrected chi connectivity index (χ0v) is 11.9. The SMILES string of the molecule is O=C(CN1CCC(O)CC1)NCc1ccc2c(c1)OCO2. The van der Waals surface area contributed by atoms with Gasteiger partial charge in [0.05, 0.1) is 12.6 Å². The predicted octanol–water partition coefficient (Wildman–Crippen LogP) is 0.488. The van der Waals surface area contributed by atoms with E-state index in [0.717, 1.165) is 43.0 Å². The number of ether oxygens (including phenoxy) is 2. The Kier molecular flexibility index (Phi) is 4.26. The molecule has 1 amide bonds. The summed E-state index contributed by atoms with van der Waals surface area (Å²) in [6.45, 7) is 2.67. The van der Waals surface area contributed by atoms with Gasteiger partial charge in [-0.25, -0.2) is 0 Å². The van der Waals surface area contributed by atoms with Crippen molar-refractivity contribution >= 4 is 5.91 Å². The zero-order valence-electron chi connectivity index (χ0n) is 11.9. The van der Waals surface area contributed by atoms with E-state index in [1.807, 2.05) is 18.2 Å². The maximum absolute atomic E-state index is 11.9. The number of nitrogens with one attached hydrogen (secondary N) is 1. The van der Waals surface area contributed by atoms with Crippen LogP contribution in [0.25, 0.3) is 0 Å². The van der Waals surface area contributed by atoms with Gasteiger partial charge in [0.15, 0.2) is 11.5 Å². The van der Waals surface area contributed by atoms with Gasteiger partial charge in [0, 0.05) is 19.6 Å². The summed E-state index contributed by atoms with van der Waals surface area (Å²) in [6.07, 6.45) is 1.28. The maximum Gasteiger partial charge on any atom is 0.234 e. The molecule has 2 aliphatic heterocycles. The minimum atomic E-state index is -0.210. The lowest BCUT2D eigenvalue weighted by Gasteiger charge is -2.28. The minimum Gasteiger partial charge on any atom is -0.454 e. The zero-order chi connectivity index (χ0) is 14.7. The molecule has 2 aliphatic rings. The van der Waals surface area contributed by atoms with Crippen LogP contribution >= 0.6 is 0 Å². The van der Waals surface area contributed by atoms with Gasteiger partial charge in [-0.05, 0) is 30.5 Å². The van der Waals surface area contributed by atoms with Crippen LogP contribution in [0.2, 0.25) is 0 Å². The van der Waals surface area contributed by atoms with Crippen molar-refractivity contribution in [1.29, 1.82) is 0 Å². The van der Waals surface area contributed by atoms with Crippen molar-refractivity contribution in [3.63, 3.8) is 0 Å².